The van der Waals surface area contributed by atoms with Crippen molar-refractivity contribution in [2.45, 2.75) is 32.7 Å². The minimum Gasteiger partial charge on any atom is -0.481 e. The van der Waals surface area contributed by atoms with Crippen LogP contribution in [0.3, 0.4) is 0 Å². The van der Waals surface area contributed by atoms with Crippen LogP contribution in [0.4, 0.5) is 0 Å². The third kappa shape index (κ3) is 9.79. The molecule has 0 saturated carbocycles. The van der Waals surface area contributed by atoms with E-state index in [0.29, 0.717) is 5.75 Å². The van der Waals surface area contributed by atoms with Gasteiger partial charge in [0.2, 0.25) is 5.91 Å². The second-order valence-electron chi connectivity index (χ2n) is 6.12. The molecule has 1 rings (SSSR count). The summed E-state index contributed by atoms with van der Waals surface area (Å²) < 4.78 is 4.59. The van der Waals surface area contributed by atoms with Gasteiger partial charge in [0.15, 0.2) is 12.4 Å². The normalized spacial score (nSPS) is 12.7. The van der Waals surface area contributed by atoms with E-state index in [9.17, 15) is 19.2 Å². The first kappa shape index (κ1) is 22.7. The van der Waals surface area contributed by atoms with Crippen LogP contribution in [0.15, 0.2) is 30.3 Å². The molecule has 148 valence electrons. The Balaban J connectivity index is 2.44. The lowest BCUT2D eigenvalue weighted by atomic mass is 10.1. The lowest BCUT2D eigenvalue weighted by molar-refractivity contribution is -0.147. The zero-order chi connectivity index (χ0) is 20.2. The highest BCUT2D eigenvalue weighted by Crippen LogP contribution is 2.12. The molecule has 2 unspecified atom stereocenters. The average Bonchev–Trinajstić information content (AvgIpc) is 2.62. The summed E-state index contributed by atoms with van der Waals surface area (Å²) in [6.45, 7) is 2.31. The largest absolute Gasteiger partial charge is 0.481 e. The van der Waals surface area contributed by atoms with Gasteiger partial charge in [0, 0.05) is 18.6 Å². The number of amides is 1. The number of rotatable bonds is 12. The number of carbonyl (C=O) groups is 4. The summed E-state index contributed by atoms with van der Waals surface area (Å²) in [5.74, 6) is -1.89. The number of aliphatic carboxylic acids is 1. The number of ketones is 1. The molecule has 0 aromatic heterocycles. The summed E-state index contributed by atoms with van der Waals surface area (Å²) in [4.78, 5) is 46.0. The number of carboxylic acids is 1. The van der Waals surface area contributed by atoms with Crippen LogP contribution in [0.2, 0.25) is 0 Å². The Labute approximate surface area is 162 Å². The maximum Gasteiger partial charge on any atom is 0.305 e. The Morgan fingerprint density at radius 1 is 1.19 bits per heavy atom. The fourth-order valence-corrected chi connectivity index (χ4v) is 3.23. The number of hydrogen-bond donors (Lipinski definition) is 2. The van der Waals surface area contributed by atoms with Crippen LogP contribution in [0, 0.1) is 5.92 Å². The highest BCUT2D eigenvalue weighted by Gasteiger charge is 2.26. The molecule has 27 heavy (non-hydrogen) atoms. The van der Waals surface area contributed by atoms with Crippen LogP contribution in [0.25, 0.3) is 0 Å². The van der Waals surface area contributed by atoms with Crippen molar-refractivity contribution in [1.29, 1.82) is 0 Å². The van der Waals surface area contributed by atoms with E-state index < -0.39 is 42.7 Å². The maximum atomic E-state index is 12.3. The molecule has 0 bridgehead atoms. The number of ether oxygens (including phenoxy) is 1. The van der Waals surface area contributed by atoms with Crippen molar-refractivity contribution in [3.05, 3.63) is 35.9 Å². The highest BCUT2D eigenvalue weighted by atomic mass is 32.2. The molecule has 2 atom stereocenters. The Morgan fingerprint density at radius 3 is 2.44 bits per heavy atom. The van der Waals surface area contributed by atoms with Gasteiger partial charge in [0.1, 0.15) is 6.04 Å². The molecule has 1 amide bonds. The second kappa shape index (κ2) is 12.1. The van der Waals surface area contributed by atoms with Gasteiger partial charge in [0.05, 0.1) is 6.42 Å². The number of benzene rings is 1. The Kier molecular flexibility index (Phi) is 10.2. The molecule has 1 aromatic carbocycles. The zero-order valence-corrected chi connectivity index (χ0v) is 16.3. The second-order valence-corrected chi connectivity index (χ2v) is 7.27. The zero-order valence-electron chi connectivity index (χ0n) is 15.5. The number of carboxylic acid groups (broad SMARTS) is 1. The number of Topliss-reactive ketones (excluding diaryl/α,β-unsaturated/α-hetero) is 1. The van der Waals surface area contributed by atoms with Crippen molar-refractivity contribution >= 4 is 35.4 Å². The van der Waals surface area contributed by atoms with E-state index in [0.717, 1.165) is 19.1 Å². The van der Waals surface area contributed by atoms with Crippen molar-refractivity contribution in [3.63, 3.8) is 0 Å². The molecule has 8 heteroatoms. The topological polar surface area (TPSA) is 110 Å². The monoisotopic (exact) mass is 395 g/mol. The van der Waals surface area contributed by atoms with E-state index >= 15 is 0 Å². The van der Waals surface area contributed by atoms with Gasteiger partial charge < -0.3 is 15.2 Å². The van der Waals surface area contributed by atoms with E-state index in [2.05, 4.69) is 10.1 Å². The number of nitrogens with one attached hydrogen (secondary N) is 1. The van der Waals surface area contributed by atoms with E-state index in [1.165, 1.54) is 5.56 Å². The molecular weight excluding hydrogens is 370 g/mol. The van der Waals surface area contributed by atoms with Crippen LogP contribution in [0.1, 0.15) is 25.8 Å². The number of thioether (sulfide) groups is 1. The number of hydrogen-bond acceptors (Lipinski definition) is 6. The predicted octanol–water partition coefficient (Wildman–Crippen LogP) is 1.69. The van der Waals surface area contributed by atoms with Crippen molar-refractivity contribution in [3.8, 4) is 0 Å². The molecule has 0 aliphatic rings. The van der Waals surface area contributed by atoms with Gasteiger partial charge in [-0.2, -0.15) is 11.8 Å². The summed E-state index contributed by atoms with van der Waals surface area (Å²) in [6.07, 6.45) is 0.335. The molecule has 0 radical (unpaired) electrons. The van der Waals surface area contributed by atoms with Gasteiger partial charge in [-0.15, -0.1) is 0 Å². The SMILES string of the molecule is CC(=O)OCC(=O)C(CC(=O)O)NC(=O)C(C)CSCCc1ccccc1. The van der Waals surface area contributed by atoms with Crippen molar-refractivity contribution in [2.24, 2.45) is 5.92 Å². The summed E-state index contributed by atoms with van der Waals surface area (Å²) in [5.41, 5.74) is 1.22. The first-order valence-corrected chi connectivity index (χ1v) is 9.75. The van der Waals surface area contributed by atoms with Crippen molar-refractivity contribution in [2.75, 3.05) is 18.1 Å². The predicted molar refractivity (Wildman–Crippen MR) is 102 cm³/mol. The van der Waals surface area contributed by atoms with Gasteiger partial charge in [-0.3, -0.25) is 19.2 Å². The smallest absolute Gasteiger partial charge is 0.305 e. The molecule has 0 heterocycles. The summed E-state index contributed by atoms with van der Waals surface area (Å²) in [5, 5.41) is 11.4. The minimum absolute atomic E-state index is 0.386. The van der Waals surface area contributed by atoms with Gasteiger partial charge in [-0.05, 0) is 17.7 Å². The van der Waals surface area contributed by atoms with Gasteiger partial charge in [-0.25, -0.2) is 0 Å². The number of esters is 1. The molecule has 7 nitrogen and oxygen atoms in total. The average molecular weight is 395 g/mol. The van der Waals surface area contributed by atoms with Crippen molar-refractivity contribution < 1.29 is 29.0 Å². The maximum absolute atomic E-state index is 12.3. The summed E-state index contributed by atoms with van der Waals surface area (Å²) in [7, 11) is 0. The van der Waals surface area contributed by atoms with Crippen molar-refractivity contribution in [1.82, 2.24) is 5.32 Å². The molecule has 0 fully saturated rings. The first-order valence-electron chi connectivity index (χ1n) is 8.59. The first-order chi connectivity index (χ1) is 12.8. The molecule has 0 saturated heterocycles. The molecule has 0 aliphatic heterocycles. The number of carbonyl (C=O) groups excluding carboxylic acids is 3. The van der Waals surface area contributed by atoms with E-state index in [4.69, 9.17) is 5.11 Å². The van der Waals surface area contributed by atoms with Crippen LogP contribution < -0.4 is 5.32 Å². The molecule has 2 N–H and O–H groups in total. The quantitative estimate of drug-likeness (QED) is 0.409. The third-order valence-electron chi connectivity index (χ3n) is 3.69. The molecular formula is C19H25NO6S. The summed E-state index contributed by atoms with van der Waals surface area (Å²) >= 11 is 1.62. The minimum atomic E-state index is -1.22. The highest BCUT2D eigenvalue weighted by molar-refractivity contribution is 7.99. The third-order valence-corrected chi connectivity index (χ3v) is 4.92. The van der Waals surface area contributed by atoms with E-state index in [1.807, 2.05) is 30.3 Å². The lowest BCUT2D eigenvalue weighted by Crippen LogP contribution is -2.46. The van der Waals surface area contributed by atoms with Gasteiger partial charge >= 0.3 is 11.9 Å². The van der Waals surface area contributed by atoms with Crippen LogP contribution >= 0.6 is 11.8 Å². The van der Waals surface area contributed by atoms with E-state index in [1.54, 1.807) is 18.7 Å². The van der Waals surface area contributed by atoms with Crippen LogP contribution in [0.5, 0.6) is 0 Å². The van der Waals surface area contributed by atoms with E-state index in [-0.39, 0.29) is 5.92 Å². The summed E-state index contributed by atoms with van der Waals surface area (Å²) in [6, 6.07) is 8.78. The van der Waals surface area contributed by atoms with Gasteiger partial charge in [0.25, 0.3) is 0 Å². The fraction of sp³-hybridized carbons (Fsp3) is 0.474. The van der Waals surface area contributed by atoms with Crippen LogP contribution in [-0.2, 0) is 30.3 Å². The molecule has 1 aromatic rings. The fourth-order valence-electron chi connectivity index (χ4n) is 2.18. The Hall–Kier alpha value is -2.35. The standard InChI is InChI=1S/C19H25NO6S/c1-13(12-27-9-8-15-6-4-3-5-7-15)19(25)20-16(10-18(23)24)17(22)11-26-14(2)21/h3-7,13,16H,8-12H2,1-2H3,(H,20,25)(H,23,24). The molecule has 0 aliphatic carbocycles. The Morgan fingerprint density at radius 2 is 1.85 bits per heavy atom. The Bertz CT molecular complexity index is 649. The van der Waals surface area contributed by atoms with Crippen LogP contribution in [-0.4, -0.2) is 52.9 Å². The lowest BCUT2D eigenvalue weighted by Gasteiger charge is -2.18. The van der Waals surface area contributed by atoms with Gasteiger partial charge in [-0.1, -0.05) is 37.3 Å². The number of aryl methyl sites for hydroxylation is 1. The molecule has 0 spiro atoms.